The van der Waals surface area contributed by atoms with Crippen molar-refractivity contribution in [3.63, 3.8) is 0 Å². The Kier molecular flexibility index (Phi) is 7.88. The van der Waals surface area contributed by atoms with E-state index < -0.39 is 0 Å². The van der Waals surface area contributed by atoms with Crippen molar-refractivity contribution >= 4 is 22.6 Å². The van der Waals surface area contributed by atoms with E-state index in [0.29, 0.717) is 12.1 Å². The Labute approximate surface area is 199 Å². The van der Waals surface area contributed by atoms with Crippen LogP contribution in [0.5, 0.6) is 0 Å². The summed E-state index contributed by atoms with van der Waals surface area (Å²) in [6.07, 6.45) is 3.68. The van der Waals surface area contributed by atoms with Crippen LogP contribution in [0.15, 0.2) is 0 Å². The number of hydrogen-bond acceptors (Lipinski definition) is 7. The van der Waals surface area contributed by atoms with E-state index in [1.807, 2.05) is 25.7 Å². The number of likely N-dealkylation sites (tertiary alicyclic amines) is 1. The van der Waals surface area contributed by atoms with E-state index in [2.05, 4.69) is 54.1 Å². The third-order valence-electron chi connectivity index (χ3n) is 7.34. The molecule has 1 N–H and O–H groups in total. The quantitative estimate of drug-likeness (QED) is 0.656. The molecule has 1 aromatic heterocycles. The van der Waals surface area contributed by atoms with Gasteiger partial charge in [0, 0.05) is 60.2 Å². The first-order valence-corrected chi connectivity index (χ1v) is 13.1. The number of anilines is 1. The zero-order valence-electron chi connectivity index (χ0n) is 21.4. The zero-order chi connectivity index (χ0) is 23.7. The SMILES string of the molecule is CCC(C)(C)N1CCC[C@H]1CNc1nc(CN2C[C@H](C)N(C(=O)C(C)(C)C)C[C@@H]2C)ns1. The van der Waals surface area contributed by atoms with E-state index in [-0.39, 0.29) is 22.9 Å². The molecule has 0 spiro atoms. The molecule has 2 fully saturated rings. The molecule has 7 nitrogen and oxygen atoms in total. The predicted molar refractivity (Wildman–Crippen MR) is 133 cm³/mol. The summed E-state index contributed by atoms with van der Waals surface area (Å²) in [5.74, 6) is 1.12. The summed E-state index contributed by atoms with van der Waals surface area (Å²) in [5, 5.41) is 4.48. The maximum atomic E-state index is 12.8. The molecule has 1 aromatic rings. The highest BCUT2D eigenvalue weighted by Gasteiger charge is 2.37. The van der Waals surface area contributed by atoms with E-state index >= 15 is 0 Å². The van der Waals surface area contributed by atoms with E-state index in [1.165, 1.54) is 30.9 Å². The summed E-state index contributed by atoms with van der Waals surface area (Å²) in [7, 11) is 0. The van der Waals surface area contributed by atoms with Crippen molar-refractivity contribution in [3.8, 4) is 0 Å². The second-order valence-electron chi connectivity index (χ2n) is 11.4. The Hall–Kier alpha value is -1.25. The van der Waals surface area contributed by atoms with E-state index in [0.717, 1.165) is 43.6 Å². The standard InChI is InChI=1S/C24H44N6OS/c1-9-24(7,8)30-12-10-11-19(30)13-25-22-26-20(27-32-22)16-28-14-18(3)29(15-17(28)2)21(31)23(4,5)6/h17-19H,9-16H2,1-8H3,(H,25,26,27)/t17-,18-,19-/m0/s1. The van der Waals surface area contributed by atoms with E-state index in [1.54, 1.807) is 0 Å². The molecule has 2 saturated heterocycles. The van der Waals surface area contributed by atoms with Crippen LogP contribution in [0.4, 0.5) is 5.13 Å². The van der Waals surface area contributed by atoms with Crippen LogP contribution in [0.3, 0.4) is 0 Å². The molecular formula is C24H44N6OS. The summed E-state index contributed by atoms with van der Waals surface area (Å²) < 4.78 is 4.62. The maximum absolute atomic E-state index is 12.8. The Balaban J connectivity index is 1.54. The molecule has 0 aromatic carbocycles. The molecule has 0 aliphatic carbocycles. The van der Waals surface area contributed by atoms with E-state index in [9.17, 15) is 4.79 Å². The van der Waals surface area contributed by atoms with Crippen LogP contribution in [0.2, 0.25) is 0 Å². The van der Waals surface area contributed by atoms with Gasteiger partial charge in [0.05, 0.1) is 6.54 Å². The minimum atomic E-state index is -0.339. The number of rotatable bonds is 7. The molecule has 3 heterocycles. The van der Waals surface area contributed by atoms with Gasteiger partial charge in [-0.2, -0.15) is 4.37 Å². The van der Waals surface area contributed by atoms with Crippen molar-refractivity contribution in [2.24, 2.45) is 5.41 Å². The molecule has 2 aliphatic heterocycles. The third kappa shape index (κ3) is 5.81. The molecule has 0 bridgehead atoms. The first-order valence-electron chi connectivity index (χ1n) is 12.3. The summed E-state index contributed by atoms with van der Waals surface area (Å²) in [4.78, 5) is 24.7. The molecule has 3 rings (SSSR count). The molecule has 3 atom stereocenters. The average molecular weight is 465 g/mol. The van der Waals surface area contributed by atoms with Gasteiger partial charge in [-0.05, 0) is 53.5 Å². The van der Waals surface area contributed by atoms with Gasteiger partial charge in [0.15, 0.2) is 5.82 Å². The monoisotopic (exact) mass is 464 g/mol. The minimum Gasteiger partial charge on any atom is -0.359 e. The van der Waals surface area contributed by atoms with Crippen LogP contribution in [-0.4, -0.2) is 79.8 Å². The van der Waals surface area contributed by atoms with Crippen molar-refractivity contribution < 1.29 is 4.79 Å². The molecule has 1 amide bonds. The summed E-state index contributed by atoms with van der Waals surface area (Å²) >= 11 is 1.46. The van der Waals surface area contributed by atoms with Crippen molar-refractivity contribution in [3.05, 3.63) is 5.82 Å². The first-order chi connectivity index (χ1) is 14.9. The highest BCUT2D eigenvalue weighted by molar-refractivity contribution is 7.09. The van der Waals surface area contributed by atoms with Gasteiger partial charge < -0.3 is 10.2 Å². The molecular weight excluding hydrogens is 420 g/mol. The van der Waals surface area contributed by atoms with Gasteiger partial charge in [-0.25, -0.2) is 4.98 Å². The van der Waals surface area contributed by atoms with Gasteiger partial charge in [-0.1, -0.05) is 27.7 Å². The molecule has 2 aliphatic rings. The van der Waals surface area contributed by atoms with Gasteiger partial charge in [-0.3, -0.25) is 14.6 Å². The topological polar surface area (TPSA) is 64.6 Å². The second-order valence-corrected chi connectivity index (χ2v) is 12.1. The number of nitrogens with one attached hydrogen (secondary N) is 1. The number of piperazine rings is 1. The Morgan fingerprint density at radius 3 is 2.53 bits per heavy atom. The minimum absolute atomic E-state index is 0.199. The largest absolute Gasteiger partial charge is 0.359 e. The summed E-state index contributed by atoms with van der Waals surface area (Å²) in [6, 6.07) is 1.05. The number of amides is 1. The molecule has 0 saturated carbocycles. The number of carbonyl (C=O) groups is 1. The lowest BCUT2D eigenvalue weighted by Crippen LogP contribution is -2.59. The van der Waals surface area contributed by atoms with Crippen molar-refractivity contribution in [2.75, 3.05) is 31.5 Å². The van der Waals surface area contributed by atoms with Crippen LogP contribution in [-0.2, 0) is 11.3 Å². The Bertz CT molecular complexity index is 773. The van der Waals surface area contributed by atoms with Gasteiger partial charge in [-0.15, -0.1) is 0 Å². The predicted octanol–water partition coefficient (Wildman–Crippen LogP) is 4.07. The molecule has 0 radical (unpaired) electrons. The van der Waals surface area contributed by atoms with E-state index in [4.69, 9.17) is 4.98 Å². The highest BCUT2D eigenvalue weighted by atomic mass is 32.1. The molecule has 32 heavy (non-hydrogen) atoms. The normalized spacial score (nSPS) is 26.0. The summed E-state index contributed by atoms with van der Waals surface area (Å²) in [6.45, 7) is 21.8. The molecule has 8 heteroatoms. The number of aromatic nitrogens is 2. The Morgan fingerprint density at radius 2 is 1.88 bits per heavy atom. The van der Waals surface area contributed by atoms with Gasteiger partial charge in [0.25, 0.3) is 0 Å². The zero-order valence-corrected chi connectivity index (χ0v) is 22.3. The lowest BCUT2D eigenvalue weighted by atomic mass is 9.92. The summed E-state index contributed by atoms with van der Waals surface area (Å²) in [5.41, 5.74) is -0.0904. The van der Waals surface area contributed by atoms with Crippen LogP contribution in [0.1, 0.15) is 80.5 Å². The molecule has 0 unspecified atom stereocenters. The first kappa shape index (κ1) is 25.4. The van der Waals surface area contributed by atoms with Crippen LogP contribution >= 0.6 is 11.5 Å². The van der Waals surface area contributed by atoms with Crippen LogP contribution < -0.4 is 5.32 Å². The second kappa shape index (κ2) is 9.94. The van der Waals surface area contributed by atoms with Gasteiger partial charge >= 0.3 is 0 Å². The molecule has 182 valence electrons. The number of hydrogen-bond donors (Lipinski definition) is 1. The lowest BCUT2D eigenvalue weighted by Gasteiger charge is -2.45. The lowest BCUT2D eigenvalue weighted by molar-refractivity contribution is -0.145. The average Bonchev–Trinajstić information content (AvgIpc) is 3.37. The number of nitrogens with zero attached hydrogens (tertiary/aromatic N) is 5. The van der Waals surface area contributed by atoms with Crippen LogP contribution in [0.25, 0.3) is 0 Å². The van der Waals surface area contributed by atoms with Gasteiger partial charge in [0.2, 0.25) is 11.0 Å². The fourth-order valence-corrected chi connectivity index (χ4v) is 5.54. The highest BCUT2D eigenvalue weighted by Crippen LogP contribution is 2.29. The smallest absolute Gasteiger partial charge is 0.228 e. The van der Waals surface area contributed by atoms with Crippen LogP contribution in [0, 0.1) is 5.41 Å². The Morgan fingerprint density at radius 1 is 1.16 bits per heavy atom. The van der Waals surface area contributed by atoms with Crippen molar-refractivity contribution in [1.82, 2.24) is 24.1 Å². The third-order valence-corrected chi connectivity index (χ3v) is 8.05. The van der Waals surface area contributed by atoms with Crippen molar-refractivity contribution in [1.29, 1.82) is 0 Å². The fraction of sp³-hybridized carbons (Fsp3) is 0.875. The maximum Gasteiger partial charge on any atom is 0.228 e. The number of carbonyl (C=O) groups excluding carboxylic acids is 1. The van der Waals surface area contributed by atoms with Gasteiger partial charge in [0.1, 0.15) is 0 Å². The van der Waals surface area contributed by atoms with Crippen molar-refractivity contribution in [2.45, 2.75) is 105 Å². The fourth-order valence-electron chi connectivity index (χ4n) is 4.96.